The Balaban J connectivity index is 1.68. The average Bonchev–Trinajstić information content (AvgIpc) is 2.89. The minimum atomic E-state index is -0.532. The number of hydrogen-bond acceptors (Lipinski definition) is 5. The van der Waals surface area contributed by atoms with E-state index in [9.17, 15) is 14.4 Å². The lowest BCUT2D eigenvalue weighted by Gasteiger charge is -2.14. The second-order valence-electron chi connectivity index (χ2n) is 4.38. The predicted octanol–water partition coefficient (Wildman–Crippen LogP) is 0.399. The molecule has 0 bridgehead atoms. The van der Waals surface area contributed by atoms with Gasteiger partial charge in [-0.2, -0.15) is 0 Å². The van der Waals surface area contributed by atoms with Gasteiger partial charge in [0.2, 0.25) is 5.91 Å². The Labute approximate surface area is 136 Å². The molecular formula is C13H14ClN3O4S. The Bertz CT molecular complexity index is 584. The molecule has 2 rings (SSSR count). The number of nitrogens with zero attached hydrogens (tertiary/aromatic N) is 1. The smallest absolute Gasteiger partial charge is 0.276 e. The summed E-state index contributed by atoms with van der Waals surface area (Å²) in [5.74, 6) is 0.150. The number of ether oxygens (including phenoxy) is 1. The van der Waals surface area contributed by atoms with Crippen LogP contribution >= 0.6 is 23.4 Å². The number of carbonyl (C=O) groups is 3. The molecule has 3 amide bonds. The first-order valence-corrected chi connectivity index (χ1v) is 7.90. The summed E-state index contributed by atoms with van der Waals surface area (Å²) in [6, 6.07) is 6.74. The van der Waals surface area contributed by atoms with Crippen LogP contribution in [0.5, 0.6) is 5.75 Å². The van der Waals surface area contributed by atoms with Gasteiger partial charge < -0.3 is 9.64 Å². The lowest BCUT2D eigenvalue weighted by molar-refractivity contribution is -0.134. The first-order chi connectivity index (χ1) is 10.6. The molecule has 118 valence electrons. The first kappa shape index (κ1) is 16.4. The zero-order valence-electron chi connectivity index (χ0n) is 11.5. The number of carbonyl (C=O) groups excluding carboxylic acids is 3. The van der Waals surface area contributed by atoms with Crippen molar-refractivity contribution in [2.24, 2.45) is 0 Å². The maximum atomic E-state index is 11.6. The van der Waals surface area contributed by atoms with Gasteiger partial charge in [0.05, 0.1) is 16.7 Å². The van der Waals surface area contributed by atoms with E-state index >= 15 is 0 Å². The van der Waals surface area contributed by atoms with Crippen LogP contribution < -0.4 is 15.6 Å². The third-order valence-corrected chi connectivity index (χ3v) is 3.95. The van der Waals surface area contributed by atoms with Crippen molar-refractivity contribution in [1.82, 2.24) is 15.8 Å². The standard InChI is InChI=1S/C13H14ClN3O4S/c14-9-3-1-2-4-10(9)21-6-12(19)16-15-11(18)5-17-8-22-7-13(17)20/h1-4H,5-8H2,(H,15,18)(H,16,19). The zero-order chi connectivity index (χ0) is 15.9. The van der Waals surface area contributed by atoms with E-state index in [0.29, 0.717) is 22.4 Å². The first-order valence-electron chi connectivity index (χ1n) is 6.37. The van der Waals surface area contributed by atoms with Gasteiger partial charge in [0, 0.05) is 0 Å². The number of amides is 3. The molecule has 0 saturated carbocycles. The fraction of sp³-hybridized carbons (Fsp3) is 0.308. The highest BCUT2D eigenvalue weighted by atomic mass is 35.5. The molecule has 1 fully saturated rings. The number of rotatable bonds is 5. The van der Waals surface area contributed by atoms with Gasteiger partial charge in [0.15, 0.2) is 6.61 Å². The maximum absolute atomic E-state index is 11.6. The van der Waals surface area contributed by atoms with Crippen molar-refractivity contribution in [2.45, 2.75) is 0 Å². The molecule has 1 aliphatic rings. The Kier molecular flexibility index (Phi) is 5.91. The van der Waals surface area contributed by atoms with Crippen LogP contribution in [-0.2, 0) is 14.4 Å². The molecule has 0 aromatic heterocycles. The fourth-order valence-electron chi connectivity index (χ4n) is 1.63. The SMILES string of the molecule is O=C(COc1ccccc1Cl)NNC(=O)CN1CSCC1=O. The van der Waals surface area contributed by atoms with Crippen molar-refractivity contribution < 1.29 is 19.1 Å². The largest absolute Gasteiger partial charge is 0.482 e. The van der Waals surface area contributed by atoms with Crippen molar-refractivity contribution >= 4 is 41.1 Å². The molecule has 22 heavy (non-hydrogen) atoms. The van der Waals surface area contributed by atoms with Gasteiger partial charge >= 0.3 is 0 Å². The molecule has 7 nitrogen and oxygen atoms in total. The van der Waals surface area contributed by atoms with E-state index in [1.807, 2.05) is 0 Å². The van der Waals surface area contributed by atoms with Crippen LogP contribution in [0, 0.1) is 0 Å². The number of nitrogens with one attached hydrogen (secondary N) is 2. The van der Waals surface area contributed by atoms with Crippen LogP contribution in [0.1, 0.15) is 0 Å². The maximum Gasteiger partial charge on any atom is 0.276 e. The number of hydrogen-bond donors (Lipinski definition) is 2. The molecule has 1 aromatic rings. The molecular weight excluding hydrogens is 330 g/mol. The lowest BCUT2D eigenvalue weighted by atomic mass is 10.3. The zero-order valence-corrected chi connectivity index (χ0v) is 13.1. The molecule has 0 unspecified atom stereocenters. The monoisotopic (exact) mass is 343 g/mol. The van der Waals surface area contributed by atoms with E-state index in [-0.39, 0.29) is 19.1 Å². The molecule has 1 saturated heterocycles. The summed E-state index contributed by atoms with van der Waals surface area (Å²) in [5.41, 5.74) is 4.44. The van der Waals surface area contributed by atoms with Crippen LogP contribution in [0.3, 0.4) is 0 Å². The van der Waals surface area contributed by atoms with Crippen molar-refractivity contribution in [2.75, 3.05) is 24.8 Å². The Morgan fingerprint density at radius 2 is 2.00 bits per heavy atom. The highest BCUT2D eigenvalue weighted by molar-refractivity contribution is 8.00. The summed E-state index contributed by atoms with van der Waals surface area (Å²) in [6.45, 7) is -0.375. The predicted molar refractivity (Wildman–Crippen MR) is 82.3 cm³/mol. The van der Waals surface area contributed by atoms with Gasteiger partial charge in [-0.3, -0.25) is 25.2 Å². The van der Waals surface area contributed by atoms with Crippen molar-refractivity contribution in [3.8, 4) is 5.75 Å². The summed E-state index contributed by atoms with van der Waals surface area (Å²) in [5, 5.41) is 0.393. The fourth-order valence-corrected chi connectivity index (χ4v) is 2.73. The van der Waals surface area contributed by atoms with Crippen LogP contribution in [0.4, 0.5) is 0 Å². The van der Waals surface area contributed by atoms with Gasteiger partial charge in [-0.15, -0.1) is 11.8 Å². The van der Waals surface area contributed by atoms with Crippen molar-refractivity contribution in [1.29, 1.82) is 0 Å². The van der Waals surface area contributed by atoms with Crippen molar-refractivity contribution in [3.05, 3.63) is 29.3 Å². The Hall–Kier alpha value is -1.93. The van der Waals surface area contributed by atoms with Gasteiger partial charge in [0.25, 0.3) is 11.8 Å². The second kappa shape index (κ2) is 7.90. The van der Waals surface area contributed by atoms with Crippen LogP contribution in [-0.4, -0.2) is 47.4 Å². The van der Waals surface area contributed by atoms with Gasteiger partial charge in [-0.05, 0) is 12.1 Å². The Morgan fingerprint density at radius 3 is 2.68 bits per heavy atom. The molecule has 0 aliphatic carbocycles. The molecule has 1 heterocycles. The van der Waals surface area contributed by atoms with Crippen LogP contribution in [0.2, 0.25) is 5.02 Å². The molecule has 2 N–H and O–H groups in total. The quantitative estimate of drug-likeness (QED) is 0.756. The Morgan fingerprint density at radius 1 is 1.27 bits per heavy atom. The molecule has 0 radical (unpaired) electrons. The average molecular weight is 344 g/mol. The summed E-state index contributed by atoms with van der Waals surface area (Å²) in [7, 11) is 0. The number of hydrazine groups is 1. The summed E-state index contributed by atoms with van der Waals surface area (Å²) in [4.78, 5) is 35.9. The minimum Gasteiger partial charge on any atom is -0.482 e. The van der Waals surface area contributed by atoms with Gasteiger partial charge in [0.1, 0.15) is 12.3 Å². The van der Waals surface area contributed by atoms with Crippen LogP contribution in [0.15, 0.2) is 24.3 Å². The number of para-hydroxylation sites is 1. The summed E-state index contributed by atoms with van der Waals surface area (Å²) >= 11 is 7.32. The van der Waals surface area contributed by atoms with Crippen molar-refractivity contribution in [3.63, 3.8) is 0 Å². The summed E-state index contributed by atoms with van der Waals surface area (Å²) in [6.07, 6.45) is 0. The topological polar surface area (TPSA) is 87.7 Å². The number of benzene rings is 1. The van der Waals surface area contributed by atoms with Crippen LogP contribution in [0.25, 0.3) is 0 Å². The molecule has 1 aromatic carbocycles. The van der Waals surface area contributed by atoms with E-state index in [0.717, 1.165) is 0 Å². The lowest BCUT2D eigenvalue weighted by Crippen LogP contribution is -2.48. The highest BCUT2D eigenvalue weighted by Crippen LogP contribution is 2.22. The number of halogens is 1. The van der Waals surface area contributed by atoms with E-state index in [1.54, 1.807) is 24.3 Å². The summed E-state index contributed by atoms with van der Waals surface area (Å²) < 4.78 is 5.22. The van der Waals surface area contributed by atoms with E-state index in [1.165, 1.54) is 16.7 Å². The number of thioether (sulfide) groups is 1. The molecule has 0 spiro atoms. The van der Waals surface area contributed by atoms with Gasteiger partial charge in [-0.25, -0.2) is 0 Å². The highest BCUT2D eigenvalue weighted by Gasteiger charge is 2.22. The third kappa shape index (κ3) is 4.81. The minimum absolute atomic E-state index is 0.0858. The normalized spacial score (nSPS) is 13.9. The molecule has 1 aliphatic heterocycles. The van der Waals surface area contributed by atoms with Gasteiger partial charge in [-0.1, -0.05) is 23.7 Å². The van der Waals surface area contributed by atoms with E-state index in [4.69, 9.17) is 16.3 Å². The second-order valence-corrected chi connectivity index (χ2v) is 5.75. The van der Waals surface area contributed by atoms with E-state index < -0.39 is 11.8 Å². The third-order valence-electron chi connectivity index (χ3n) is 2.70. The molecule has 9 heteroatoms. The molecule has 0 atom stereocenters. The van der Waals surface area contributed by atoms with E-state index in [2.05, 4.69) is 10.9 Å².